The van der Waals surface area contributed by atoms with Crippen LogP contribution in [0.5, 0.6) is 0 Å². The van der Waals surface area contributed by atoms with Gasteiger partial charge in [-0.15, -0.1) is 0 Å². The molecule has 7 heteroatoms. The van der Waals surface area contributed by atoms with Gasteiger partial charge in [-0.25, -0.2) is 0 Å². The predicted molar refractivity (Wildman–Crippen MR) is 80.6 cm³/mol. The van der Waals surface area contributed by atoms with E-state index in [1.807, 2.05) is 0 Å². The van der Waals surface area contributed by atoms with Gasteiger partial charge in [-0.2, -0.15) is 16.7 Å². The smallest absolute Gasteiger partial charge is 0.261 e. The fourth-order valence-corrected chi connectivity index (χ4v) is 2.44. The van der Waals surface area contributed by atoms with E-state index in [1.54, 1.807) is 23.9 Å². The molecule has 0 aliphatic carbocycles. The summed E-state index contributed by atoms with van der Waals surface area (Å²) in [5, 5.41) is 5.27. The third-order valence-electron chi connectivity index (χ3n) is 2.37. The van der Waals surface area contributed by atoms with Gasteiger partial charge in [0.25, 0.3) is 5.89 Å². The van der Waals surface area contributed by atoms with Crippen LogP contribution >= 0.6 is 35.0 Å². The highest BCUT2D eigenvalue weighted by molar-refractivity contribution is 7.99. The highest BCUT2D eigenvalue weighted by atomic mass is 35.5. The number of thioether (sulfide) groups is 1. The SMILES string of the molecule is CC(C)SCc1noc(-c2c(Cl)ccc(Cl)c2N)n1. The molecule has 0 saturated heterocycles. The average molecular weight is 318 g/mol. The fraction of sp³-hybridized carbons (Fsp3) is 0.333. The minimum absolute atomic E-state index is 0.296. The first-order chi connectivity index (χ1) is 8.99. The number of rotatable bonds is 4. The van der Waals surface area contributed by atoms with E-state index in [0.29, 0.717) is 44.0 Å². The Kier molecular flexibility index (Phi) is 4.60. The maximum Gasteiger partial charge on any atom is 0.261 e. The lowest BCUT2D eigenvalue weighted by molar-refractivity contribution is 0.425. The molecule has 0 atom stereocenters. The minimum atomic E-state index is 0.296. The average Bonchev–Trinajstić information content (AvgIpc) is 2.80. The third kappa shape index (κ3) is 3.35. The molecule has 19 heavy (non-hydrogen) atoms. The molecule has 1 heterocycles. The van der Waals surface area contributed by atoms with Gasteiger partial charge in [0.1, 0.15) is 0 Å². The van der Waals surface area contributed by atoms with Crippen molar-refractivity contribution in [3.8, 4) is 11.5 Å². The standard InChI is InChI=1S/C12H13Cl2N3OS/c1-6(2)19-5-9-16-12(18-17-9)10-7(13)3-4-8(14)11(10)15/h3-4,6H,5,15H2,1-2H3. The van der Waals surface area contributed by atoms with Crippen LogP contribution in [-0.4, -0.2) is 15.4 Å². The highest BCUT2D eigenvalue weighted by Gasteiger charge is 2.17. The summed E-state index contributed by atoms with van der Waals surface area (Å²) in [5.41, 5.74) is 6.73. The molecule has 0 bridgehead atoms. The first-order valence-electron chi connectivity index (χ1n) is 5.67. The number of hydrogen-bond donors (Lipinski definition) is 1. The van der Waals surface area contributed by atoms with E-state index in [0.717, 1.165) is 0 Å². The molecule has 2 aromatic rings. The number of aromatic nitrogens is 2. The summed E-state index contributed by atoms with van der Waals surface area (Å²) in [4.78, 5) is 4.29. The van der Waals surface area contributed by atoms with Crippen molar-refractivity contribution < 1.29 is 4.52 Å². The largest absolute Gasteiger partial charge is 0.397 e. The number of anilines is 1. The molecule has 2 N–H and O–H groups in total. The van der Waals surface area contributed by atoms with Crippen LogP contribution in [0.2, 0.25) is 10.0 Å². The highest BCUT2D eigenvalue weighted by Crippen LogP contribution is 2.36. The third-order valence-corrected chi connectivity index (χ3v) is 4.11. The van der Waals surface area contributed by atoms with Crippen molar-refractivity contribution in [2.75, 3.05) is 5.73 Å². The van der Waals surface area contributed by atoms with E-state index in [9.17, 15) is 0 Å². The number of benzene rings is 1. The summed E-state index contributed by atoms with van der Waals surface area (Å²) >= 11 is 13.8. The molecular weight excluding hydrogens is 305 g/mol. The number of hydrogen-bond acceptors (Lipinski definition) is 5. The van der Waals surface area contributed by atoms with Gasteiger partial charge in [-0.1, -0.05) is 42.2 Å². The zero-order valence-electron chi connectivity index (χ0n) is 10.5. The summed E-state index contributed by atoms with van der Waals surface area (Å²) in [6, 6.07) is 3.29. The number of nitrogens with two attached hydrogens (primary N) is 1. The van der Waals surface area contributed by atoms with Crippen molar-refractivity contribution in [2.45, 2.75) is 24.9 Å². The van der Waals surface area contributed by atoms with Crippen LogP contribution < -0.4 is 5.73 Å². The number of halogens is 2. The molecule has 0 radical (unpaired) electrons. The maximum atomic E-state index is 6.10. The van der Waals surface area contributed by atoms with Crippen molar-refractivity contribution in [1.29, 1.82) is 0 Å². The predicted octanol–water partition coefficient (Wildman–Crippen LogP) is 4.27. The zero-order chi connectivity index (χ0) is 14.0. The van der Waals surface area contributed by atoms with Gasteiger partial charge < -0.3 is 10.3 Å². The van der Waals surface area contributed by atoms with Gasteiger partial charge in [-0.3, -0.25) is 0 Å². The second-order valence-electron chi connectivity index (χ2n) is 4.19. The normalized spacial score (nSPS) is 11.2. The van der Waals surface area contributed by atoms with Crippen molar-refractivity contribution >= 4 is 40.7 Å². The van der Waals surface area contributed by atoms with E-state index in [-0.39, 0.29) is 0 Å². The van der Waals surface area contributed by atoms with Crippen LogP contribution in [0, 0.1) is 0 Å². The molecule has 1 aromatic heterocycles. The summed E-state index contributed by atoms with van der Waals surface area (Å²) < 4.78 is 5.20. The Labute approximate surface area is 125 Å². The molecule has 0 amide bonds. The molecule has 0 saturated carbocycles. The van der Waals surface area contributed by atoms with Gasteiger partial charge in [0.05, 0.1) is 27.0 Å². The molecule has 0 fully saturated rings. The van der Waals surface area contributed by atoms with Gasteiger partial charge in [0.2, 0.25) is 0 Å². The molecule has 4 nitrogen and oxygen atoms in total. The lowest BCUT2D eigenvalue weighted by atomic mass is 10.2. The Morgan fingerprint density at radius 2 is 2.00 bits per heavy atom. The second-order valence-corrected chi connectivity index (χ2v) is 6.57. The first kappa shape index (κ1) is 14.5. The van der Waals surface area contributed by atoms with Gasteiger partial charge in [-0.05, 0) is 17.4 Å². The maximum absolute atomic E-state index is 6.10. The van der Waals surface area contributed by atoms with Crippen LogP contribution in [0.1, 0.15) is 19.7 Å². The van der Waals surface area contributed by atoms with Crippen molar-refractivity contribution in [3.63, 3.8) is 0 Å². The fourth-order valence-electron chi connectivity index (χ4n) is 1.44. The van der Waals surface area contributed by atoms with Gasteiger partial charge in [0.15, 0.2) is 5.82 Å². The van der Waals surface area contributed by atoms with Crippen LogP contribution in [0.4, 0.5) is 5.69 Å². The topological polar surface area (TPSA) is 64.9 Å². The van der Waals surface area contributed by atoms with E-state index < -0.39 is 0 Å². The molecule has 0 aliphatic rings. The zero-order valence-corrected chi connectivity index (χ0v) is 12.8. The number of nitrogen functional groups attached to an aromatic ring is 1. The van der Waals surface area contributed by atoms with Gasteiger partial charge in [0, 0.05) is 0 Å². The summed E-state index contributed by atoms with van der Waals surface area (Å²) in [6.07, 6.45) is 0. The van der Waals surface area contributed by atoms with Crippen LogP contribution in [-0.2, 0) is 5.75 Å². The monoisotopic (exact) mass is 317 g/mol. The molecule has 0 aliphatic heterocycles. The molecule has 0 spiro atoms. The van der Waals surface area contributed by atoms with E-state index in [2.05, 4.69) is 24.0 Å². The van der Waals surface area contributed by atoms with E-state index in [4.69, 9.17) is 33.5 Å². The van der Waals surface area contributed by atoms with E-state index >= 15 is 0 Å². The van der Waals surface area contributed by atoms with Crippen molar-refractivity contribution in [2.24, 2.45) is 0 Å². The van der Waals surface area contributed by atoms with Crippen molar-refractivity contribution in [3.05, 3.63) is 28.0 Å². The van der Waals surface area contributed by atoms with Crippen LogP contribution in [0.25, 0.3) is 11.5 Å². The Hall–Kier alpha value is -0.910. The summed E-state index contributed by atoms with van der Waals surface area (Å²) in [7, 11) is 0. The quantitative estimate of drug-likeness (QED) is 0.853. The van der Waals surface area contributed by atoms with Crippen LogP contribution in [0.15, 0.2) is 16.7 Å². The summed E-state index contributed by atoms with van der Waals surface area (Å²) in [5.74, 6) is 1.59. The van der Waals surface area contributed by atoms with Crippen molar-refractivity contribution in [1.82, 2.24) is 10.1 Å². The Morgan fingerprint density at radius 1 is 1.32 bits per heavy atom. The van der Waals surface area contributed by atoms with E-state index in [1.165, 1.54) is 0 Å². The lowest BCUT2D eigenvalue weighted by Gasteiger charge is -2.04. The Bertz CT molecular complexity index is 586. The molecule has 102 valence electrons. The Balaban J connectivity index is 2.30. The van der Waals surface area contributed by atoms with Gasteiger partial charge >= 0.3 is 0 Å². The molecular formula is C12H13Cl2N3OS. The second kappa shape index (κ2) is 6.03. The lowest BCUT2D eigenvalue weighted by Crippen LogP contribution is -1.93. The first-order valence-corrected chi connectivity index (χ1v) is 7.47. The minimum Gasteiger partial charge on any atom is -0.397 e. The number of nitrogens with zero attached hydrogens (tertiary/aromatic N) is 2. The molecule has 0 unspecified atom stereocenters. The molecule has 1 aromatic carbocycles. The molecule has 2 rings (SSSR count). The summed E-state index contributed by atoms with van der Waals surface area (Å²) in [6.45, 7) is 4.22. The van der Waals surface area contributed by atoms with Crippen LogP contribution in [0.3, 0.4) is 0 Å². The Morgan fingerprint density at radius 3 is 2.68 bits per heavy atom.